The fourth-order valence-corrected chi connectivity index (χ4v) is 4.95. The van der Waals surface area contributed by atoms with Gasteiger partial charge in [-0.05, 0) is 44.5 Å². The molecule has 0 fully saturated rings. The van der Waals surface area contributed by atoms with Crippen molar-refractivity contribution >= 4 is 45.9 Å². The molecule has 0 aliphatic rings. The Morgan fingerprint density at radius 3 is 2.58 bits per heavy atom. The van der Waals surface area contributed by atoms with Gasteiger partial charge < -0.3 is 25.1 Å². The minimum atomic E-state index is -4.49. The number of esters is 1. The lowest BCUT2D eigenvalue weighted by Crippen LogP contribution is -2.18. The van der Waals surface area contributed by atoms with Crippen molar-refractivity contribution in [2.75, 3.05) is 11.1 Å². The zero-order valence-electron chi connectivity index (χ0n) is 20.7. The number of thiophene rings is 1. The van der Waals surface area contributed by atoms with E-state index in [2.05, 4.69) is 15.5 Å². The Balaban J connectivity index is 1.65. The first-order valence-corrected chi connectivity index (χ1v) is 12.8. The zero-order valence-corrected chi connectivity index (χ0v) is 22.3. The van der Waals surface area contributed by atoms with Crippen molar-refractivity contribution in [2.45, 2.75) is 44.8 Å². The van der Waals surface area contributed by atoms with Crippen molar-refractivity contribution in [2.24, 2.45) is 12.8 Å². The van der Waals surface area contributed by atoms with Gasteiger partial charge in [-0.25, -0.2) is 4.79 Å². The van der Waals surface area contributed by atoms with Crippen molar-refractivity contribution in [3.63, 3.8) is 0 Å². The number of halogens is 3. The molecule has 0 saturated heterocycles. The van der Waals surface area contributed by atoms with Crippen LogP contribution in [0, 0.1) is 6.92 Å². The summed E-state index contributed by atoms with van der Waals surface area (Å²) < 4.78 is 50.9. The molecule has 204 valence electrons. The maximum Gasteiger partial charge on any atom is 0.416 e. The van der Waals surface area contributed by atoms with Gasteiger partial charge in [0.2, 0.25) is 5.91 Å². The van der Waals surface area contributed by atoms with Crippen LogP contribution in [0.4, 0.5) is 18.2 Å². The molecule has 3 rings (SSSR count). The Hall–Kier alpha value is -3.59. The molecule has 3 N–H and O–H groups in total. The molecule has 0 aliphatic carbocycles. The molecule has 2 aromatic heterocycles. The van der Waals surface area contributed by atoms with Crippen LogP contribution in [0.2, 0.25) is 0 Å². The fraction of sp³-hybridized carbons (Fsp3) is 0.348. The number of thioether (sulfide) groups is 1. The lowest BCUT2D eigenvalue weighted by molar-refractivity contribution is -0.137. The number of ether oxygens (including phenoxy) is 2. The Morgan fingerprint density at radius 2 is 1.95 bits per heavy atom. The van der Waals surface area contributed by atoms with Crippen molar-refractivity contribution in [3.05, 3.63) is 51.7 Å². The molecule has 0 unspecified atom stereocenters. The summed E-state index contributed by atoms with van der Waals surface area (Å²) in [6.07, 6.45) is -4.91. The summed E-state index contributed by atoms with van der Waals surface area (Å²) in [5.74, 6) is -1.70. The molecule has 0 atom stereocenters. The van der Waals surface area contributed by atoms with E-state index >= 15 is 0 Å². The number of aromatic nitrogens is 3. The first-order chi connectivity index (χ1) is 17.8. The molecule has 0 radical (unpaired) electrons. The lowest BCUT2D eigenvalue weighted by Gasteiger charge is -2.10. The third kappa shape index (κ3) is 7.04. The van der Waals surface area contributed by atoms with E-state index in [9.17, 15) is 27.6 Å². The predicted molar refractivity (Wildman–Crippen MR) is 134 cm³/mol. The van der Waals surface area contributed by atoms with E-state index in [1.165, 1.54) is 16.7 Å². The van der Waals surface area contributed by atoms with Gasteiger partial charge in [-0.2, -0.15) is 13.2 Å². The van der Waals surface area contributed by atoms with Crippen LogP contribution < -0.4 is 15.8 Å². The maximum atomic E-state index is 12.9. The molecular weight excluding hydrogens is 547 g/mol. The number of nitrogens with two attached hydrogens (primary N) is 1. The average Bonchev–Trinajstić information content (AvgIpc) is 3.34. The Morgan fingerprint density at radius 1 is 1.24 bits per heavy atom. The number of alkyl halides is 3. The fourth-order valence-electron chi connectivity index (χ4n) is 3.15. The third-order valence-corrected chi connectivity index (χ3v) is 7.20. The molecule has 0 saturated carbocycles. The van der Waals surface area contributed by atoms with Gasteiger partial charge >= 0.3 is 12.1 Å². The summed E-state index contributed by atoms with van der Waals surface area (Å²) in [5.41, 5.74) is 4.94. The van der Waals surface area contributed by atoms with Crippen LogP contribution >= 0.6 is 23.1 Å². The molecule has 2 heterocycles. The van der Waals surface area contributed by atoms with Gasteiger partial charge in [0.1, 0.15) is 17.4 Å². The van der Waals surface area contributed by atoms with Crippen molar-refractivity contribution in [1.82, 2.24) is 14.8 Å². The Labute approximate surface area is 223 Å². The van der Waals surface area contributed by atoms with Gasteiger partial charge in [-0.15, -0.1) is 21.5 Å². The van der Waals surface area contributed by atoms with E-state index in [-0.39, 0.29) is 33.6 Å². The highest BCUT2D eigenvalue weighted by Gasteiger charge is 2.30. The molecule has 0 spiro atoms. The Kier molecular flexibility index (Phi) is 9.04. The smallest absolute Gasteiger partial charge is 0.416 e. The second kappa shape index (κ2) is 11.9. The number of carbonyl (C=O) groups excluding carboxylic acids is 3. The van der Waals surface area contributed by atoms with E-state index in [0.29, 0.717) is 16.5 Å². The first kappa shape index (κ1) is 29.0. The van der Waals surface area contributed by atoms with Crippen LogP contribution in [-0.4, -0.2) is 44.4 Å². The topological polar surface area (TPSA) is 138 Å². The number of amides is 2. The summed E-state index contributed by atoms with van der Waals surface area (Å²) in [7, 11) is 1.62. The SMILES string of the molecule is Cc1c(C(N)=O)sc(NC(=O)CSc2nnc(COc3cccc(C(F)(F)F)c3)n2C)c1C(=O)OC(C)C. The summed E-state index contributed by atoms with van der Waals surface area (Å²) in [4.78, 5) is 37.1. The molecule has 38 heavy (non-hydrogen) atoms. The number of carbonyl (C=O) groups is 3. The lowest BCUT2D eigenvalue weighted by atomic mass is 10.1. The minimum Gasteiger partial charge on any atom is -0.486 e. The quantitative estimate of drug-likeness (QED) is 0.273. The second-order valence-corrected chi connectivity index (χ2v) is 10.2. The van der Waals surface area contributed by atoms with Gasteiger partial charge in [-0.1, -0.05) is 17.8 Å². The van der Waals surface area contributed by atoms with E-state index < -0.39 is 35.6 Å². The summed E-state index contributed by atoms with van der Waals surface area (Å²) in [6, 6.07) is 4.46. The first-order valence-electron chi connectivity index (χ1n) is 11.0. The van der Waals surface area contributed by atoms with Crippen LogP contribution in [0.1, 0.15) is 50.8 Å². The molecule has 1 aromatic carbocycles. The average molecular weight is 572 g/mol. The largest absolute Gasteiger partial charge is 0.486 e. The molecule has 10 nitrogen and oxygen atoms in total. The minimum absolute atomic E-state index is 0.0183. The van der Waals surface area contributed by atoms with Crippen LogP contribution in [0.5, 0.6) is 5.75 Å². The highest BCUT2D eigenvalue weighted by Crippen LogP contribution is 2.34. The molecule has 0 bridgehead atoms. The van der Waals surface area contributed by atoms with Crippen molar-refractivity contribution in [1.29, 1.82) is 0 Å². The van der Waals surface area contributed by atoms with E-state index in [0.717, 1.165) is 35.2 Å². The molecule has 2 amide bonds. The summed E-state index contributed by atoms with van der Waals surface area (Å²) >= 11 is 1.91. The number of anilines is 1. The number of rotatable bonds is 10. The molecule has 3 aromatic rings. The van der Waals surface area contributed by atoms with E-state index in [1.54, 1.807) is 27.8 Å². The van der Waals surface area contributed by atoms with Crippen LogP contribution in [0.3, 0.4) is 0 Å². The van der Waals surface area contributed by atoms with Gasteiger partial charge in [0.15, 0.2) is 11.0 Å². The predicted octanol–water partition coefficient (Wildman–Crippen LogP) is 4.18. The highest BCUT2D eigenvalue weighted by molar-refractivity contribution is 7.99. The number of nitrogens with zero attached hydrogens (tertiary/aromatic N) is 3. The third-order valence-electron chi connectivity index (χ3n) is 4.96. The van der Waals surface area contributed by atoms with E-state index in [1.807, 2.05) is 0 Å². The van der Waals surface area contributed by atoms with Gasteiger partial charge in [-0.3, -0.25) is 9.59 Å². The summed E-state index contributed by atoms with van der Waals surface area (Å²) in [6.45, 7) is 4.73. The molecule has 15 heteroatoms. The zero-order chi connectivity index (χ0) is 28.2. The maximum absolute atomic E-state index is 12.9. The number of primary amides is 1. The Bertz CT molecular complexity index is 1350. The van der Waals surface area contributed by atoms with Crippen LogP contribution in [-0.2, 0) is 29.4 Å². The summed E-state index contributed by atoms with van der Waals surface area (Å²) in [5, 5.41) is 11.1. The normalized spacial score (nSPS) is 11.5. The standard InChI is InChI=1S/C23H24F3N5O5S2/c1-11(2)36-21(34)17-12(3)18(19(27)33)38-20(17)28-16(32)10-37-22-30-29-15(31(22)4)9-35-14-7-5-6-13(8-14)23(24,25)26/h5-8,11H,9-10H2,1-4H3,(H2,27,33)(H,28,32). The second-order valence-electron chi connectivity index (χ2n) is 8.19. The monoisotopic (exact) mass is 571 g/mol. The molecule has 0 aliphatic heterocycles. The number of benzene rings is 1. The van der Waals surface area contributed by atoms with Gasteiger partial charge in [0, 0.05) is 7.05 Å². The van der Waals surface area contributed by atoms with Crippen LogP contribution in [0.25, 0.3) is 0 Å². The number of hydrogen-bond donors (Lipinski definition) is 2. The highest BCUT2D eigenvalue weighted by atomic mass is 32.2. The van der Waals surface area contributed by atoms with Gasteiger partial charge in [0.05, 0.1) is 27.9 Å². The van der Waals surface area contributed by atoms with Gasteiger partial charge in [0.25, 0.3) is 5.91 Å². The van der Waals surface area contributed by atoms with Crippen LogP contribution in [0.15, 0.2) is 29.4 Å². The van der Waals surface area contributed by atoms with Crippen molar-refractivity contribution < 1.29 is 37.0 Å². The number of nitrogens with one attached hydrogen (secondary N) is 1. The number of hydrogen-bond acceptors (Lipinski definition) is 9. The van der Waals surface area contributed by atoms with Crippen molar-refractivity contribution in [3.8, 4) is 5.75 Å². The van der Waals surface area contributed by atoms with E-state index in [4.69, 9.17) is 15.2 Å². The molecular formula is C23H24F3N5O5S2.